The van der Waals surface area contributed by atoms with Crippen LogP contribution < -0.4 is 9.46 Å². The van der Waals surface area contributed by atoms with Gasteiger partial charge < -0.3 is 14.3 Å². The van der Waals surface area contributed by atoms with Crippen LogP contribution >= 0.6 is 11.6 Å². The average molecular weight is 396 g/mol. The van der Waals surface area contributed by atoms with Crippen LogP contribution in [0.4, 0.5) is 0 Å². The molecule has 0 saturated carbocycles. The summed E-state index contributed by atoms with van der Waals surface area (Å²) in [5.74, 6) is 0.421. The molecule has 2 N–H and O–H groups in total. The van der Waals surface area contributed by atoms with Gasteiger partial charge in [0.1, 0.15) is 27.6 Å². The summed E-state index contributed by atoms with van der Waals surface area (Å²) in [6.45, 7) is 1.19. The van der Waals surface area contributed by atoms with Crippen molar-refractivity contribution < 1.29 is 22.7 Å². The van der Waals surface area contributed by atoms with Gasteiger partial charge in [0.05, 0.1) is 7.11 Å². The number of para-hydroxylation sites is 1. The Labute approximate surface area is 156 Å². The molecule has 0 radical (unpaired) electrons. The fraction of sp³-hybridized carbons (Fsp3) is 0.222. The number of methoxy groups -OCH3 is 1. The molecule has 3 rings (SSSR count). The van der Waals surface area contributed by atoms with E-state index in [1.54, 1.807) is 12.1 Å². The second-order valence-corrected chi connectivity index (χ2v) is 8.21. The SMILES string of the molecule is COc1ccc(Cl)cc1S(=O)(=O)NC[C@](C)(O)c1cc2ccccc2o1. The highest BCUT2D eigenvalue weighted by Gasteiger charge is 2.31. The van der Waals surface area contributed by atoms with Crippen LogP contribution in [0.2, 0.25) is 5.02 Å². The maximum Gasteiger partial charge on any atom is 0.244 e. The number of aliphatic hydroxyl groups is 1. The second-order valence-electron chi connectivity index (χ2n) is 6.04. The van der Waals surface area contributed by atoms with Crippen LogP contribution in [-0.4, -0.2) is 27.2 Å². The number of sulfonamides is 1. The lowest BCUT2D eigenvalue weighted by Crippen LogP contribution is -2.38. The largest absolute Gasteiger partial charge is 0.495 e. The molecule has 0 amide bonds. The highest BCUT2D eigenvalue weighted by molar-refractivity contribution is 7.89. The lowest BCUT2D eigenvalue weighted by molar-refractivity contribution is 0.0411. The number of halogens is 1. The van der Waals surface area contributed by atoms with Gasteiger partial charge in [0.2, 0.25) is 10.0 Å². The molecule has 0 aliphatic carbocycles. The summed E-state index contributed by atoms with van der Waals surface area (Å²) >= 11 is 5.90. The molecule has 0 unspecified atom stereocenters. The molecule has 0 bridgehead atoms. The summed E-state index contributed by atoms with van der Waals surface area (Å²) in [6.07, 6.45) is 0. The lowest BCUT2D eigenvalue weighted by atomic mass is 10.0. The minimum atomic E-state index is -3.96. The average Bonchev–Trinajstić information content (AvgIpc) is 3.05. The van der Waals surface area contributed by atoms with Gasteiger partial charge in [-0.15, -0.1) is 0 Å². The van der Waals surface area contributed by atoms with Gasteiger partial charge in [-0.3, -0.25) is 0 Å². The van der Waals surface area contributed by atoms with Crippen molar-refractivity contribution >= 4 is 32.6 Å². The van der Waals surface area contributed by atoms with Crippen molar-refractivity contribution in [2.75, 3.05) is 13.7 Å². The first kappa shape index (κ1) is 18.7. The number of hydrogen-bond acceptors (Lipinski definition) is 5. The third kappa shape index (κ3) is 3.71. The summed E-state index contributed by atoms with van der Waals surface area (Å²) < 4.78 is 38.4. The molecular weight excluding hydrogens is 378 g/mol. The van der Waals surface area contributed by atoms with Crippen molar-refractivity contribution in [3.8, 4) is 5.75 Å². The topological polar surface area (TPSA) is 88.8 Å². The molecule has 0 spiro atoms. The van der Waals surface area contributed by atoms with Crippen LogP contribution in [0.3, 0.4) is 0 Å². The Morgan fingerprint density at radius 3 is 2.65 bits per heavy atom. The Morgan fingerprint density at radius 1 is 1.23 bits per heavy atom. The van der Waals surface area contributed by atoms with E-state index < -0.39 is 15.6 Å². The molecule has 138 valence electrons. The van der Waals surface area contributed by atoms with Crippen LogP contribution in [-0.2, 0) is 15.6 Å². The van der Waals surface area contributed by atoms with E-state index >= 15 is 0 Å². The summed E-state index contributed by atoms with van der Waals surface area (Å²) in [7, 11) is -2.59. The third-order valence-corrected chi connectivity index (χ3v) is 5.64. The predicted molar refractivity (Wildman–Crippen MR) is 99.0 cm³/mol. The van der Waals surface area contributed by atoms with Crippen molar-refractivity contribution in [1.82, 2.24) is 4.72 Å². The summed E-state index contributed by atoms with van der Waals surface area (Å²) in [4.78, 5) is -0.104. The molecular formula is C18H18ClNO5S. The molecule has 8 heteroatoms. The standard InChI is InChI=1S/C18H18ClNO5S/c1-18(21,17-9-12-5-3-4-6-14(12)25-17)11-20-26(22,23)16-10-13(19)7-8-15(16)24-2/h3-10,20-21H,11H2,1-2H3/t18-/m0/s1. The monoisotopic (exact) mass is 395 g/mol. The molecule has 0 aliphatic rings. The third-order valence-electron chi connectivity index (χ3n) is 3.98. The highest BCUT2D eigenvalue weighted by Crippen LogP contribution is 2.30. The molecule has 0 fully saturated rings. The first-order chi connectivity index (χ1) is 12.2. The number of hydrogen-bond donors (Lipinski definition) is 2. The zero-order valence-corrected chi connectivity index (χ0v) is 15.8. The Hall–Kier alpha value is -2.06. The van der Waals surface area contributed by atoms with Gasteiger partial charge in [0.25, 0.3) is 0 Å². The zero-order chi connectivity index (χ0) is 18.9. The number of benzene rings is 2. The van der Waals surface area contributed by atoms with E-state index in [4.69, 9.17) is 20.8 Å². The van der Waals surface area contributed by atoms with E-state index in [1.165, 1.54) is 32.2 Å². The van der Waals surface area contributed by atoms with E-state index in [-0.39, 0.29) is 28.0 Å². The van der Waals surface area contributed by atoms with Gasteiger partial charge in [-0.2, -0.15) is 0 Å². The quantitative estimate of drug-likeness (QED) is 0.668. The minimum Gasteiger partial charge on any atom is -0.495 e. The zero-order valence-electron chi connectivity index (χ0n) is 14.2. The predicted octanol–water partition coefficient (Wildman–Crippen LogP) is 3.28. The Morgan fingerprint density at radius 2 is 1.96 bits per heavy atom. The number of nitrogens with one attached hydrogen (secondary N) is 1. The highest BCUT2D eigenvalue weighted by atomic mass is 35.5. The number of ether oxygens (including phenoxy) is 1. The van der Waals surface area contributed by atoms with Gasteiger partial charge >= 0.3 is 0 Å². The van der Waals surface area contributed by atoms with Crippen molar-refractivity contribution in [1.29, 1.82) is 0 Å². The van der Waals surface area contributed by atoms with Crippen molar-refractivity contribution in [3.63, 3.8) is 0 Å². The van der Waals surface area contributed by atoms with Crippen molar-refractivity contribution in [2.45, 2.75) is 17.4 Å². The number of fused-ring (bicyclic) bond motifs is 1. The van der Waals surface area contributed by atoms with Crippen LogP contribution in [0.25, 0.3) is 11.0 Å². The maximum atomic E-state index is 12.6. The van der Waals surface area contributed by atoms with Crippen molar-refractivity contribution in [3.05, 3.63) is 59.3 Å². The van der Waals surface area contributed by atoms with Crippen LogP contribution in [0.1, 0.15) is 12.7 Å². The molecule has 3 aromatic rings. The number of furan rings is 1. The second kappa shape index (κ2) is 6.92. The Bertz CT molecular complexity index is 1010. The first-order valence-corrected chi connectivity index (χ1v) is 9.64. The van der Waals surface area contributed by atoms with Gasteiger partial charge in [-0.25, -0.2) is 13.1 Å². The van der Waals surface area contributed by atoms with E-state index in [9.17, 15) is 13.5 Å². The smallest absolute Gasteiger partial charge is 0.244 e. The lowest BCUT2D eigenvalue weighted by Gasteiger charge is -2.21. The fourth-order valence-electron chi connectivity index (χ4n) is 2.51. The Kier molecular flexibility index (Phi) is 4.98. The van der Waals surface area contributed by atoms with Crippen LogP contribution in [0.15, 0.2) is 57.8 Å². The summed E-state index contributed by atoms with van der Waals surface area (Å²) in [5.41, 5.74) is -0.931. The molecule has 2 aromatic carbocycles. The van der Waals surface area contributed by atoms with E-state index in [2.05, 4.69) is 4.72 Å². The van der Waals surface area contributed by atoms with E-state index in [0.29, 0.717) is 5.58 Å². The van der Waals surface area contributed by atoms with Gasteiger partial charge in [-0.05, 0) is 37.3 Å². The van der Waals surface area contributed by atoms with Crippen LogP contribution in [0, 0.1) is 0 Å². The van der Waals surface area contributed by atoms with Gasteiger partial charge in [0, 0.05) is 17.0 Å². The Balaban J connectivity index is 1.85. The summed E-state index contributed by atoms with van der Waals surface area (Å²) in [5, 5.41) is 11.8. The summed E-state index contributed by atoms with van der Waals surface area (Å²) in [6, 6.07) is 13.3. The molecule has 6 nitrogen and oxygen atoms in total. The van der Waals surface area contributed by atoms with E-state index in [1.807, 2.05) is 18.2 Å². The molecule has 26 heavy (non-hydrogen) atoms. The molecule has 0 aliphatic heterocycles. The minimum absolute atomic E-state index is 0.104. The molecule has 1 atom stereocenters. The van der Waals surface area contributed by atoms with Gasteiger partial charge in [0.15, 0.2) is 0 Å². The van der Waals surface area contributed by atoms with E-state index in [0.717, 1.165) is 5.39 Å². The normalized spacial score (nSPS) is 14.3. The van der Waals surface area contributed by atoms with Gasteiger partial charge in [-0.1, -0.05) is 29.8 Å². The molecule has 1 aromatic heterocycles. The van der Waals surface area contributed by atoms with Crippen LogP contribution in [0.5, 0.6) is 5.75 Å². The van der Waals surface area contributed by atoms with Crippen molar-refractivity contribution in [2.24, 2.45) is 0 Å². The fourth-order valence-corrected chi connectivity index (χ4v) is 4.07. The number of rotatable bonds is 6. The first-order valence-electron chi connectivity index (χ1n) is 7.77. The molecule has 1 heterocycles. The molecule has 0 saturated heterocycles. The maximum absolute atomic E-state index is 12.6.